The Labute approximate surface area is 138 Å². The minimum atomic E-state index is 0.692. The normalized spacial score (nSPS) is 24.0. The number of pyridine rings is 1. The van der Waals surface area contributed by atoms with Crippen molar-refractivity contribution >= 4 is 10.9 Å². The second kappa shape index (κ2) is 6.19. The maximum absolute atomic E-state index is 4.58. The van der Waals surface area contributed by atoms with E-state index in [0.29, 0.717) is 6.04 Å². The predicted molar refractivity (Wildman–Crippen MR) is 94.6 cm³/mol. The molecule has 3 heterocycles. The minimum Gasteiger partial charge on any atom is -0.303 e. The van der Waals surface area contributed by atoms with Crippen LogP contribution >= 0.6 is 0 Å². The third kappa shape index (κ3) is 2.99. The van der Waals surface area contributed by atoms with E-state index in [9.17, 15) is 0 Å². The molecule has 0 aliphatic carbocycles. The highest BCUT2D eigenvalue weighted by molar-refractivity contribution is 5.84. The number of benzene rings is 1. The third-order valence-electron chi connectivity index (χ3n) is 5.44. The molecule has 4 heteroatoms. The molecule has 0 radical (unpaired) electrons. The fourth-order valence-electron chi connectivity index (χ4n) is 4.07. The van der Waals surface area contributed by atoms with Crippen LogP contribution in [-0.2, 0) is 6.54 Å². The predicted octanol–water partition coefficient (Wildman–Crippen LogP) is 1.97. The van der Waals surface area contributed by atoms with Crippen LogP contribution in [0.15, 0.2) is 30.5 Å². The van der Waals surface area contributed by atoms with E-state index in [-0.39, 0.29) is 0 Å². The van der Waals surface area contributed by atoms with Crippen LogP contribution in [0.3, 0.4) is 0 Å². The van der Waals surface area contributed by atoms with E-state index >= 15 is 0 Å². The average Bonchev–Trinajstić information content (AvgIpc) is 2.57. The Balaban J connectivity index is 1.54. The molecule has 1 aromatic heterocycles. The summed E-state index contributed by atoms with van der Waals surface area (Å²) in [5.41, 5.74) is 3.83. The second-order valence-corrected chi connectivity index (χ2v) is 7.13. The van der Waals surface area contributed by atoms with Gasteiger partial charge in [0, 0.05) is 63.4 Å². The highest BCUT2D eigenvalue weighted by Gasteiger charge is 2.30. The van der Waals surface area contributed by atoms with E-state index in [1.165, 1.54) is 55.8 Å². The first-order chi connectivity index (χ1) is 11.2. The molecule has 1 atom stereocenters. The van der Waals surface area contributed by atoms with Crippen LogP contribution < -0.4 is 0 Å². The first-order valence-electron chi connectivity index (χ1n) is 8.69. The summed E-state index contributed by atoms with van der Waals surface area (Å²) in [7, 11) is 2.25. The van der Waals surface area contributed by atoms with E-state index in [1.54, 1.807) is 0 Å². The molecule has 0 bridgehead atoms. The molecule has 2 saturated heterocycles. The van der Waals surface area contributed by atoms with E-state index in [1.807, 2.05) is 6.20 Å². The SMILES string of the molecule is Cc1ccc(CN2CCN3CCN(C)C[C@@H]3C2)c2cccnc12. The summed E-state index contributed by atoms with van der Waals surface area (Å²) in [6.45, 7) is 10.4. The van der Waals surface area contributed by atoms with E-state index in [0.717, 1.165) is 12.1 Å². The number of hydrogen-bond donors (Lipinski definition) is 0. The molecule has 122 valence electrons. The molecule has 2 fully saturated rings. The number of aryl methyl sites for hydroxylation is 1. The number of likely N-dealkylation sites (N-methyl/N-ethyl adjacent to an activating group) is 1. The maximum atomic E-state index is 4.58. The Morgan fingerprint density at radius 3 is 2.87 bits per heavy atom. The molecule has 0 amide bonds. The van der Waals surface area contributed by atoms with Crippen molar-refractivity contribution in [2.75, 3.05) is 46.3 Å². The Kier molecular flexibility index (Phi) is 4.05. The third-order valence-corrected chi connectivity index (χ3v) is 5.44. The zero-order valence-electron chi connectivity index (χ0n) is 14.2. The summed E-state index contributed by atoms with van der Waals surface area (Å²) in [6.07, 6.45) is 1.90. The van der Waals surface area contributed by atoms with Gasteiger partial charge < -0.3 is 4.90 Å². The lowest BCUT2D eigenvalue weighted by Crippen LogP contribution is -2.61. The molecule has 0 saturated carbocycles. The van der Waals surface area contributed by atoms with Crippen molar-refractivity contribution in [2.45, 2.75) is 19.5 Å². The topological polar surface area (TPSA) is 22.6 Å². The fourth-order valence-corrected chi connectivity index (χ4v) is 4.07. The van der Waals surface area contributed by atoms with Crippen LogP contribution in [0.2, 0.25) is 0 Å². The standard InChI is InChI=1S/C19H26N4/c1-15-5-6-16(18-4-3-7-20-19(15)18)12-22-9-11-23-10-8-21(2)13-17(23)14-22/h3-7,17H,8-14H2,1-2H3/t17-/m1/s1. The van der Waals surface area contributed by atoms with Crippen molar-refractivity contribution in [3.63, 3.8) is 0 Å². The number of rotatable bonds is 2. The van der Waals surface area contributed by atoms with Crippen LogP contribution in [-0.4, -0.2) is 72.0 Å². The molecule has 2 aliphatic heterocycles. The van der Waals surface area contributed by atoms with Crippen LogP contribution in [0.4, 0.5) is 0 Å². The van der Waals surface area contributed by atoms with Gasteiger partial charge in [-0.05, 0) is 31.2 Å². The Morgan fingerprint density at radius 1 is 1.09 bits per heavy atom. The molecule has 0 unspecified atom stereocenters. The van der Waals surface area contributed by atoms with E-state index < -0.39 is 0 Å². The monoisotopic (exact) mass is 310 g/mol. The van der Waals surface area contributed by atoms with Gasteiger partial charge in [-0.15, -0.1) is 0 Å². The van der Waals surface area contributed by atoms with E-state index in [2.05, 4.69) is 57.9 Å². The van der Waals surface area contributed by atoms with Gasteiger partial charge in [-0.1, -0.05) is 18.2 Å². The fraction of sp³-hybridized carbons (Fsp3) is 0.526. The molecule has 2 aromatic rings. The summed E-state index contributed by atoms with van der Waals surface area (Å²) < 4.78 is 0. The number of hydrogen-bond acceptors (Lipinski definition) is 4. The number of nitrogens with zero attached hydrogens (tertiary/aromatic N) is 4. The molecule has 4 rings (SSSR count). The number of piperazine rings is 2. The van der Waals surface area contributed by atoms with Crippen molar-refractivity contribution in [1.82, 2.24) is 19.7 Å². The second-order valence-electron chi connectivity index (χ2n) is 7.13. The van der Waals surface area contributed by atoms with Crippen molar-refractivity contribution in [3.05, 3.63) is 41.6 Å². The zero-order chi connectivity index (χ0) is 15.8. The van der Waals surface area contributed by atoms with Gasteiger partial charge in [-0.2, -0.15) is 0 Å². The maximum Gasteiger partial charge on any atom is 0.0734 e. The highest BCUT2D eigenvalue weighted by Crippen LogP contribution is 2.23. The van der Waals surface area contributed by atoms with Crippen molar-refractivity contribution in [1.29, 1.82) is 0 Å². The van der Waals surface area contributed by atoms with Gasteiger partial charge in [0.1, 0.15) is 0 Å². The quantitative estimate of drug-likeness (QED) is 0.846. The first-order valence-corrected chi connectivity index (χ1v) is 8.69. The van der Waals surface area contributed by atoms with Gasteiger partial charge in [0.25, 0.3) is 0 Å². The van der Waals surface area contributed by atoms with Crippen LogP contribution in [0.1, 0.15) is 11.1 Å². The van der Waals surface area contributed by atoms with E-state index in [4.69, 9.17) is 0 Å². The van der Waals surface area contributed by atoms with Gasteiger partial charge in [0.05, 0.1) is 5.52 Å². The zero-order valence-corrected chi connectivity index (χ0v) is 14.2. The Hall–Kier alpha value is -1.49. The highest BCUT2D eigenvalue weighted by atomic mass is 15.3. The smallest absolute Gasteiger partial charge is 0.0734 e. The summed E-state index contributed by atoms with van der Waals surface area (Å²) >= 11 is 0. The molecular weight excluding hydrogens is 284 g/mol. The molecule has 1 aromatic carbocycles. The van der Waals surface area contributed by atoms with Crippen LogP contribution in [0.25, 0.3) is 10.9 Å². The first kappa shape index (κ1) is 15.1. The lowest BCUT2D eigenvalue weighted by Gasteiger charge is -2.46. The molecule has 4 nitrogen and oxygen atoms in total. The number of fused-ring (bicyclic) bond motifs is 2. The van der Waals surface area contributed by atoms with Crippen LogP contribution in [0, 0.1) is 6.92 Å². The van der Waals surface area contributed by atoms with Crippen molar-refractivity contribution in [3.8, 4) is 0 Å². The molecule has 2 aliphatic rings. The summed E-state index contributed by atoms with van der Waals surface area (Å²) in [5.74, 6) is 0. The van der Waals surface area contributed by atoms with Crippen molar-refractivity contribution < 1.29 is 0 Å². The lowest BCUT2D eigenvalue weighted by atomic mass is 10.0. The Bertz CT molecular complexity index is 699. The Morgan fingerprint density at radius 2 is 1.96 bits per heavy atom. The van der Waals surface area contributed by atoms with Gasteiger partial charge >= 0.3 is 0 Å². The van der Waals surface area contributed by atoms with Gasteiger partial charge in [-0.3, -0.25) is 14.8 Å². The number of aromatic nitrogens is 1. The largest absolute Gasteiger partial charge is 0.303 e. The molecular formula is C19H26N4. The van der Waals surface area contributed by atoms with Gasteiger partial charge in [-0.25, -0.2) is 0 Å². The molecule has 0 spiro atoms. The lowest BCUT2D eigenvalue weighted by molar-refractivity contribution is 0.0176. The average molecular weight is 310 g/mol. The summed E-state index contributed by atoms with van der Waals surface area (Å²) in [5, 5.41) is 1.32. The van der Waals surface area contributed by atoms with Crippen molar-refractivity contribution in [2.24, 2.45) is 0 Å². The summed E-state index contributed by atoms with van der Waals surface area (Å²) in [4.78, 5) is 12.3. The minimum absolute atomic E-state index is 0.692. The van der Waals surface area contributed by atoms with Gasteiger partial charge in [0.15, 0.2) is 0 Å². The van der Waals surface area contributed by atoms with Gasteiger partial charge in [0.2, 0.25) is 0 Å². The van der Waals surface area contributed by atoms with Crippen LogP contribution in [0.5, 0.6) is 0 Å². The molecule has 23 heavy (non-hydrogen) atoms. The molecule has 0 N–H and O–H groups in total. The summed E-state index contributed by atoms with van der Waals surface area (Å²) in [6, 6.07) is 9.47.